The number of Topliss-reactive ketones (excluding diaryl/α,β-unsaturated/α-hetero) is 1. The first-order valence-electron chi connectivity index (χ1n) is 5.85. The first-order valence-corrected chi connectivity index (χ1v) is 6.65. The van der Waals surface area contributed by atoms with Gasteiger partial charge in [0.2, 0.25) is 5.75 Å². The highest BCUT2D eigenvalue weighted by Crippen LogP contribution is 2.32. The van der Waals surface area contributed by atoms with Crippen LogP contribution in [0.3, 0.4) is 0 Å². The summed E-state index contributed by atoms with van der Waals surface area (Å²) in [7, 11) is 0. The zero-order valence-corrected chi connectivity index (χ0v) is 11.9. The number of rotatable bonds is 5. The molecule has 0 amide bonds. The van der Waals surface area contributed by atoms with Gasteiger partial charge in [-0.15, -0.1) is 0 Å². The van der Waals surface area contributed by atoms with E-state index in [-0.39, 0.29) is 28.5 Å². The third-order valence-corrected chi connectivity index (χ3v) is 3.56. The van der Waals surface area contributed by atoms with Gasteiger partial charge in [-0.2, -0.15) is 0 Å². The van der Waals surface area contributed by atoms with E-state index in [0.717, 1.165) is 12.1 Å². The minimum absolute atomic E-state index is 0.0351. The van der Waals surface area contributed by atoms with Gasteiger partial charge in [-0.3, -0.25) is 14.9 Å². The maximum Gasteiger partial charge on any atom is 0.312 e. The Bertz CT molecular complexity index is 545. The average molecular weight is 348 g/mol. The lowest BCUT2D eigenvalue weighted by atomic mass is 10.0. The van der Waals surface area contributed by atoms with Gasteiger partial charge < -0.3 is 9.47 Å². The third-order valence-electron chi connectivity index (χ3n) is 2.95. The third kappa shape index (κ3) is 3.31. The van der Waals surface area contributed by atoms with Crippen LogP contribution < -0.4 is 4.74 Å². The van der Waals surface area contributed by atoms with Crippen LogP contribution in [0.2, 0.25) is 0 Å². The summed E-state index contributed by atoms with van der Waals surface area (Å²) < 4.78 is 23.5. The van der Waals surface area contributed by atoms with Crippen molar-refractivity contribution in [2.75, 3.05) is 19.8 Å². The number of nitro groups is 1. The monoisotopic (exact) mass is 347 g/mol. The van der Waals surface area contributed by atoms with Crippen LogP contribution in [0.5, 0.6) is 5.75 Å². The molecule has 1 aliphatic rings. The summed E-state index contributed by atoms with van der Waals surface area (Å²) in [5, 5.41) is 10.9. The fourth-order valence-electron chi connectivity index (χ4n) is 1.83. The fraction of sp³-hybridized carbons (Fsp3) is 0.417. The fourth-order valence-corrected chi connectivity index (χ4v) is 2.16. The molecule has 1 aromatic rings. The lowest BCUT2D eigenvalue weighted by Crippen LogP contribution is -2.22. The minimum Gasteiger partial charge on any atom is -0.479 e. The topological polar surface area (TPSA) is 78.7 Å². The smallest absolute Gasteiger partial charge is 0.312 e. The van der Waals surface area contributed by atoms with E-state index in [1.807, 2.05) is 0 Å². The van der Waals surface area contributed by atoms with Crippen LogP contribution in [0.1, 0.15) is 6.42 Å². The standard InChI is InChI=1S/C12H11BrFNO5/c13-8-3-10(15(17)18)12(4-9(8)14)20-6-11(16)7-1-2-19-5-7/h3-4,7H,1-2,5-6H2. The molecule has 0 bridgehead atoms. The number of hydrogen-bond acceptors (Lipinski definition) is 5. The van der Waals surface area contributed by atoms with E-state index in [1.54, 1.807) is 0 Å². The molecule has 108 valence electrons. The Morgan fingerprint density at radius 1 is 1.60 bits per heavy atom. The SMILES string of the molecule is O=C(COc1cc(F)c(Br)cc1[N+](=O)[O-])C1CCOC1. The van der Waals surface area contributed by atoms with Gasteiger partial charge in [0, 0.05) is 24.7 Å². The highest BCUT2D eigenvalue weighted by Gasteiger charge is 2.25. The molecule has 1 atom stereocenters. The second-order valence-corrected chi connectivity index (χ2v) is 5.16. The zero-order chi connectivity index (χ0) is 14.7. The number of nitro benzene ring substituents is 1. The van der Waals surface area contributed by atoms with Crippen LogP contribution in [0.4, 0.5) is 10.1 Å². The van der Waals surface area contributed by atoms with E-state index in [2.05, 4.69) is 15.9 Å². The van der Waals surface area contributed by atoms with Crippen LogP contribution in [0, 0.1) is 21.8 Å². The van der Waals surface area contributed by atoms with Gasteiger partial charge in [0.15, 0.2) is 5.78 Å². The predicted molar refractivity (Wildman–Crippen MR) is 70.2 cm³/mol. The van der Waals surface area contributed by atoms with Crippen molar-refractivity contribution < 1.29 is 23.6 Å². The van der Waals surface area contributed by atoms with Gasteiger partial charge in [-0.1, -0.05) is 0 Å². The summed E-state index contributed by atoms with van der Waals surface area (Å²) >= 11 is 2.86. The highest BCUT2D eigenvalue weighted by molar-refractivity contribution is 9.10. The largest absolute Gasteiger partial charge is 0.479 e. The molecule has 6 nitrogen and oxygen atoms in total. The molecule has 20 heavy (non-hydrogen) atoms. The summed E-state index contributed by atoms with van der Waals surface area (Å²) in [6.45, 7) is 0.512. The number of hydrogen-bond donors (Lipinski definition) is 0. The molecule has 1 heterocycles. The van der Waals surface area contributed by atoms with E-state index in [1.165, 1.54) is 0 Å². The second kappa shape index (κ2) is 6.27. The Morgan fingerprint density at radius 2 is 2.35 bits per heavy atom. The van der Waals surface area contributed by atoms with Crippen LogP contribution >= 0.6 is 15.9 Å². The van der Waals surface area contributed by atoms with Crippen LogP contribution in [-0.2, 0) is 9.53 Å². The Balaban J connectivity index is 2.10. The molecule has 1 aliphatic heterocycles. The van der Waals surface area contributed by atoms with Gasteiger partial charge in [0.1, 0.15) is 12.4 Å². The summed E-state index contributed by atoms with van der Waals surface area (Å²) in [5.41, 5.74) is -0.395. The molecular formula is C12H11BrFNO5. The lowest BCUT2D eigenvalue weighted by molar-refractivity contribution is -0.385. The lowest BCUT2D eigenvalue weighted by Gasteiger charge is -2.09. The molecule has 1 saturated heterocycles. The maximum absolute atomic E-state index is 13.4. The Morgan fingerprint density at radius 3 is 2.95 bits per heavy atom. The molecule has 1 unspecified atom stereocenters. The van der Waals surface area contributed by atoms with Crippen molar-refractivity contribution in [1.29, 1.82) is 0 Å². The summed E-state index contributed by atoms with van der Waals surface area (Å²) in [4.78, 5) is 21.9. The van der Waals surface area contributed by atoms with Crippen molar-refractivity contribution in [3.8, 4) is 5.75 Å². The zero-order valence-electron chi connectivity index (χ0n) is 10.3. The number of carbonyl (C=O) groups is 1. The number of ether oxygens (including phenoxy) is 2. The molecule has 0 radical (unpaired) electrons. The van der Waals surface area contributed by atoms with Gasteiger partial charge in [0.05, 0.1) is 16.0 Å². The Hall–Kier alpha value is -1.54. The van der Waals surface area contributed by atoms with E-state index >= 15 is 0 Å². The number of halogens is 2. The number of carbonyl (C=O) groups excluding carboxylic acids is 1. The van der Waals surface area contributed by atoms with E-state index in [9.17, 15) is 19.3 Å². The minimum atomic E-state index is -0.692. The number of ketones is 1. The average Bonchev–Trinajstić information content (AvgIpc) is 2.93. The first-order chi connectivity index (χ1) is 9.49. The van der Waals surface area contributed by atoms with Crippen molar-refractivity contribution in [2.45, 2.75) is 6.42 Å². The van der Waals surface area contributed by atoms with Crippen molar-refractivity contribution in [1.82, 2.24) is 0 Å². The molecule has 2 rings (SSSR count). The van der Waals surface area contributed by atoms with E-state index in [4.69, 9.17) is 9.47 Å². The van der Waals surface area contributed by atoms with Crippen molar-refractivity contribution >= 4 is 27.4 Å². The van der Waals surface area contributed by atoms with Crippen LogP contribution in [0.25, 0.3) is 0 Å². The maximum atomic E-state index is 13.4. The van der Waals surface area contributed by atoms with Gasteiger partial charge in [0.25, 0.3) is 0 Å². The molecule has 0 aromatic heterocycles. The molecule has 1 fully saturated rings. The van der Waals surface area contributed by atoms with Gasteiger partial charge >= 0.3 is 5.69 Å². The van der Waals surface area contributed by atoms with Crippen LogP contribution in [0.15, 0.2) is 16.6 Å². The second-order valence-electron chi connectivity index (χ2n) is 4.31. The van der Waals surface area contributed by atoms with Crippen molar-refractivity contribution in [2.24, 2.45) is 5.92 Å². The summed E-state index contributed by atoms with van der Waals surface area (Å²) in [5.74, 6) is -1.42. The van der Waals surface area contributed by atoms with Gasteiger partial charge in [-0.25, -0.2) is 4.39 Å². The normalized spacial score (nSPS) is 18.0. The van der Waals surface area contributed by atoms with Crippen molar-refractivity contribution in [3.05, 3.63) is 32.5 Å². The Labute approximate surface area is 122 Å². The number of nitrogens with zero attached hydrogens (tertiary/aromatic N) is 1. The molecule has 8 heteroatoms. The quantitative estimate of drug-likeness (QED) is 0.603. The number of benzene rings is 1. The van der Waals surface area contributed by atoms with E-state index in [0.29, 0.717) is 19.6 Å². The highest BCUT2D eigenvalue weighted by atomic mass is 79.9. The Kier molecular flexibility index (Phi) is 4.66. The van der Waals surface area contributed by atoms with Gasteiger partial charge in [-0.05, 0) is 22.4 Å². The molecule has 0 spiro atoms. The molecule has 0 saturated carbocycles. The predicted octanol–water partition coefficient (Wildman–Crippen LogP) is 2.48. The summed E-state index contributed by atoms with van der Waals surface area (Å²) in [6, 6.07) is 1.90. The molecule has 1 aromatic carbocycles. The van der Waals surface area contributed by atoms with Crippen LogP contribution in [-0.4, -0.2) is 30.5 Å². The molecule has 0 N–H and O–H groups in total. The summed E-state index contributed by atoms with van der Waals surface area (Å²) in [6.07, 6.45) is 0.610. The first kappa shape index (κ1) is 14.9. The molecule has 0 aliphatic carbocycles. The van der Waals surface area contributed by atoms with Crippen molar-refractivity contribution in [3.63, 3.8) is 0 Å². The molecular weight excluding hydrogens is 337 g/mol. The van der Waals surface area contributed by atoms with E-state index < -0.39 is 16.4 Å².